The van der Waals surface area contributed by atoms with Crippen LogP contribution in [0.2, 0.25) is 0 Å². The van der Waals surface area contributed by atoms with Crippen molar-refractivity contribution in [2.75, 3.05) is 0 Å². The second-order valence-electron chi connectivity index (χ2n) is 7.33. The lowest BCUT2D eigenvalue weighted by Crippen LogP contribution is -2.20. The Hall–Kier alpha value is -0.740. The first-order valence-corrected chi connectivity index (χ1v) is 8.62. The molecule has 0 spiro atoms. The summed E-state index contributed by atoms with van der Waals surface area (Å²) in [6, 6.07) is 0. The smallest absolute Gasteiger partial charge is 0.122 e. The molecule has 0 aliphatic carbocycles. The first-order chi connectivity index (χ1) is 9.76. The van der Waals surface area contributed by atoms with Crippen LogP contribution in [0.5, 0.6) is 0 Å². The van der Waals surface area contributed by atoms with Gasteiger partial charge in [0.1, 0.15) is 5.60 Å². The molecule has 0 radical (unpaired) electrons. The second kappa shape index (κ2) is 10.9. The van der Waals surface area contributed by atoms with Crippen LogP contribution in [0.3, 0.4) is 0 Å². The first kappa shape index (κ1) is 20.3. The Kier molecular flexibility index (Phi) is 10.5. The Bertz CT molecular complexity index is 330. The molecule has 0 aromatic carbocycles. The van der Waals surface area contributed by atoms with E-state index < -0.39 is 5.60 Å². The van der Waals surface area contributed by atoms with Crippen LogP contribution in [0.15, 0.2) is 11.6 Å². The van der Waals surface area contributed by atoms with Gasteiger partial charge in [-0.1, -0.05) is 64.0 Å². The minimum atomic E-state index is -0.957. The molecule has 0 fully saturated rings. The van der Waals surface area contributed by atoms with Gasteiger partial charge in [-0.3, -0.25) is 0 Å². The highest BCUT2D eigenvalue weighted by Crippen LogP contribution is 2.19. The van der Waals surface area contributed by atoms with E-state index in [0.29, 0.717) is 6.42 Å². The molecule has 122 valence electrons. The number of allylic oxidation sites excluding steroid dienone is 2. The third kappa shape index (κ3) is 12.7. The van der Waals surface area contributed by atoms with Crippen LogP contribution in [0.1, 0.15) is 86.0 Å². The lowest BCUT2D eigenvalue weighted by Gasteiger charge is -2.14. The molecule has 0 rings (SSSR count). The number of hydrogen-bond acceptors (Lipinski definition) is 1. The van der Waals surface area contributed by atoms with Gasteiger partial charge in [-0.05, 0) is 51.4 Å². The van der Waals surface area contributed by atoms with E-state index in [1.165, 1.54) is 44.1 Å². The standard InChI is InChI=1S/C20H36O/c1-7-20(6,21)16-10-15-19(5)14-9-13-18(4)12-8-11-17(2)3/h1,15,17-18,21H,8-14,16H2,2-6H3/b19-15-. The van der Waals surface area contributed by atoms with E-state index in [-0.39, 0.29) is 0 Å². The molecule has 21 heavy (non-hydrogen) atoms. The van der Waals surface area contributed by atoms with E-state index in [1.807, 2.05) is 0 Å². The zero-order valence-corrected chi connectivity index (χ0v) is 14.9. The zero-order chi connectivity index (χ0) is 16.3. The predicted octanol–water partition coefficient (Wildman–Crippen LogP) is 5.73. The summed E-state index contributed by atoms with van der Waals surface area (Å²) in [5, 5.41) is 9.74. The van der Waals surface area contributed by atoms with Gasteiger partial charge in [0.25, 0.3) is 0 Å². The number of hydrogen-bond donors (Lipinski definition) is 1. The lowest BCUT2D eigenvalue weighted by molar-refractivity contribution is 0.113. The summed E-state index contributed by atoms with van der Waals surface area (Å²) < 4.78 is 0. The van der Waals surface area contributed by atoms with Crippen LogP contribution in [-0.4, -0.2) is 10.7 Å². The molecule has 1 nitrogen and oxygen atoms in total. The van der Waals surface area contributed by atoms with E-state index in [9.17, 15) is 5.11 Å². The molecule has 0 aromatic heterocycles. The minimum Gasteiger partial charge on any atom is -0.378 e. The van der Waals surface area contributed by atoms with Crippen LogP contribution < -0.4 is 0 Å². The average Bonchev–Trinajstić information content (AvgIpc) is 2.38. The molecule has 0 aliphatic heterocycles. The Labute approximate surface area is 133 Å². The Balaban J connectivity index is 3.73. The average molecular weight is 293 g/mol. The highest BCUT2D eigenvalue weighted by atomic mass is 16.3. The van der Waals surface area contributed by atoms with Crippen molar-refractivity contribution in [3.05, 3.63) is 11.6 Å². The van der Waals surface area contributed by atoms with Crippen molar-refractivity contribution in [3.8, 4) is 12.3 Å². The Morgan fingerprint density at radius 2 is 1.81 bits per heavy atom. The molecular weight excluding hydrogens is 256 g/mol. The maximum atomic E-state index is 9.74. The van der Waals surface area contributed by atoms with Crippen molar-refractivity contribution in [1.29, 1.82) is 0 Å². The summed E-state index contributed by atoms with van der Waals surface area (Å²) >= 11 is 0. The topological polar surface area (TPSA) is 20.2 Å². The summed E-state index contributed by atoms with van der Waals surface area (Å²) in [6.07, 6.45) is 16.9. The van der Waals surface area contributed by atoms with Gasteiger partial charge < -0.3 is 5.11 Å². The van der Waals surface area contributed by atoms with E-state index in [2.05, 4.69) is 39.7 Å². The highest BCUT2D eigenvalue weighted by molar-refractivity contribution is 5.06. The van der Waals surface area contributed by atoms with Gasteiger partial charge in [0.2, 0.25) is 0 Å². The molecule has 1 N–H and O–H groups in total. The van der Waals surface area contributed by atoms with E-state index in [0.717, 1.165) is 18.3 Å². The van der Waals surface area contributed by atoms with Crippen molar-refractivity contribution in [2.24, 2.45) is 11.8 Å². The van der Waals surface area contributed by atoms with E-state index >= 15 is 0 Å². The quantitative estimate of drug-likeness (QED) is 0.381. The Morgan fingerprint density at radius 1 is 1.19 bits per heavy atom. The third-order valence-corrected chi connectivity index (χ3v) is 4.18. The van der Waals surface area contributed by atoms with E-state index in [1.54, 1.807) is 6.92 Å². The maximum absolute atomic E-state index is 9.74. The van der Waals surface area contributed by atoms with Crippen molar-refractivity contribution in [2.45, 2.75) is 91.6 Å². The van der Waals surface area contributed by atoms with Crippen molar-refractivity contribution in [1.82, 2.24) is 0 Å². The van der Waals surface area contributed by atoms with Gasteiger partial charge in [0.05, 0.1) is 0 Å². The zero-order valence-electron chi connectivity index (χ0n) is 14.9. The van der Waals surface area contributed by atoms with Crippen LogP contribution in [0.25, 0.3) is 0 Å². The van der Waals surface area contributed by atoms with Gasteiger partial charge >= 0.3 is 0 Å². The van der Waals surface area contributed by atoms with Crippen molar-refractivity contribution >= 4 is 0 Å². The van der Waals surface area contributed by atoms with Crippen LogP contribution in [0.4, 0.5) is 0 Å². The molecular formula is C20H36O. The SMILES string of the molecule is C#CC(C)(O)CC/C=C(/C)CCCC(C)CCCC(C)C. The number of aliphatic hydroxyl groups is 1. The molecule has 0 aromatic rings. The highest BCUT2D eigenvalue weighted by Gasteiger charge is 2.14. The first-order valence-electron chi connectivity index (χ1n) is 8.62. The summed E-state index contributed by atoms with van der Waals surface area (Å²) in [7, 11) is 0. The number of terminal acetylenes is 1. The Morgan fingerprint density at radius 3 is 2.38 bits per heavy atom. The van der Waals surface area contributed by atoms with E-state index in [4.69, 9.17) is 6.42 Å². The lowest BCUT2D eigenvalue weighted by atomic mass is 9.94. The fourth-order valence-corrected chi connectivity index (χ4v) is 2.52. The summed E-state index contributed by atoms with van der Waals surface area (Å²) in [4.78, 5) is 0. The van der Waals surface area contributed by atoms with Crippen LogP contribution in [-0.2, 0) is 0 Å². The summed E-state index contributed by atoms with van der Waals surface area (Å²) in [5.41, 5.74) is 0.471. The molecule has 0 saturated heterocycles. The van der Waals surface area contributed by atoms with Crippen LogP contribution in [0, 0.1) is 24.2 Å². The predicted molar refractivity (Wildman–Crippen MR) is 94.2 cm³/mol. The maximum Gasteiger partial charge on any atom is 0.122 e. The summed E-state index contributed by atoms with van der Waals surface area (Å²) in [5.74, 6) is 4.11. The van der Waals surface area contributed by atoms with Crippen molar-refractivity contribution in [3.63, 3.8) is 0 Å². The normalized spacial score (nSPS) is 16.6. The monoisotopic (exact) mass is 292 g/mol. The summed E-state index contributed by atoms with van der Waals surface area (Å²) in [6.45, 7) is 10.9. The molecule has 0 saturated carbocycles. The van der Waals surface area contributed by atoms with Gasteiger partial charge in [-0.2, -0.15) is 0 Å². The van der Waals surface area contributed by atoms with Gasteiger partial charge in [0.15, 0.2) is 0 Å². The minimum absolute atomic E-state index is 0.645. The van der Waals surface area contributed by atoms with Gasteiger partial charge in [0, 0.05) is 0 Å². The molecule has 1 heteroatoms. The number of rotatable bonds is 11. The van der Waals surface area contributed by atoms with Gasteiger partial charge in [-0.15, -0.1) is 6.42 Å². The van der Waals surface area contributed by atoms with Gasteiger partial charge in [-0.25, -0.2) is 0 Å². The molecule has 0 amide bonds. The molecule has 0 bridgehead atoms. The van der Waals surface area contributed by atoms with Crippen LogP contribution >= 0.6 is 0 Å². The molecule has 0 aliphatic rings. The third-order valence-electron chi connectivity index (χ3n) is 4.18. The van der Waals surface area contributed by atoms with Crippen molar-refractivity contribution < 1.29 is 5.11 Å². The fraction of sp³-hybridized carbons (Fsp3) is 0.800. The molecule has 2 atom stereocenters. The largest absolute Gasteiger partial charge is 0.378 e. The molecule has 2 unspecified atom stereocenters. The second-order valence-corrected chi connectivity index (χ2v) is 7.33. The molecule has 0 heterocycles. The fourth-order valence-electron chi connectivity index (χ4n) is 2.52.